The van der Waals surface area contributed by atoms with Crippen LogP contribution in [-0.2, 0) is 14.8 Å². The van der Waals surface area contributed by atoms with Crippen LogP contribution in [0.4, 0.5) is 5.69 Å². The van der Waals surface area contributed by atoms with Crippen LogP contribution in [0.1, 0.15) is 24.1 Å². The fraction of sp³-hybridized carbons (Fsp3) is 0.208. The molecule has 0 radical (unpaired) electrons. The number of hydrogen-bond donors (Lipinski definition) is 1. The number of hydrogen-bond acceptors (Lipinski definition) is 4. The van der Waals surface area contributed by atoms with Crippen LogP contribution in [0, 0.1) is 6.92 Å². The van der Waals surface area contributed by atoms with Gasteiger partial charge < -0.3 is 10.1 Å². The van der Waals surface area contributed by atoms with Crippen molar-refractivity contribution in [3.8, 4) is 5.75 Å². The average Bonchev–Trinajstić information content (AvgIpc) is 2.78. The van der Waals surface area contributed by atoms with Crippen LogP contribution in [0.2, 0.25) is 5.02 Å². The highest BCUT2D eigenvalue weighted by molar-refractivity contribution is 7.92. The predicted molar refractivity (Wildman–Crippen MR) is 127 cm³/mol. The monoisotopic (exact) mass is 472 g/mol. The Balaban J connectivity index is 1.89. The minimum atomic E-state index is -4.00. The molecule has 32 heavy (non-hydrogen) atoms. The first-order valence-electron chi connectivity index (χ1n) is 9.99. The van der Waals surface area contributed by atoms with E-state index in [-0.39, 0.29) is 17.5 Å². The number of anilines is 1. The molecule has 0 spiro atoms. The van der Waals surface area contributed by atoms with E-state index in [2.05, 4.69) is 5.32 Å². The van der Waals surface area contributed by atoms with Gasteiger partial charge in [-0.3, -0.25) is 9.10 Å². The number of para-hydroxylation sites is 1. The number of aryl methyl sites for hydroxylation is 1. The highest BCUT2D eigenvalue weighted by Crippen LogP contribution is 2.27. The number of methoxy groups -OCH3 is 1. The molecule has 1 N–H and O–H groups in total. The zero-order valence-corrected chi connectivity index (χ0v) is 19.7. The largest absolute Gasteiger partial charge is 0.496 e. The van der Waals surface area contributed by atoms with Crippen LogP contribution in [-0.4, -0.2) is 28.0 Å². The summed E-state index contributed by atoms with van der Waals surface area (Å²) in [6.45, 7) is 3.34. The first kappa shape index (κ1) is 23.6. The van der Waals surface area contributed by atoms with E-state index in [4.69, 9.17) is 16.3 Å². The standard InChI is InChI=1S/C24H25ClN2O4S/c1-17-8-12-20(13-9-17)27(32(29,30)21-14-10-19(25)11-15-21)16-24(28)26-18(2)22-6-4-5-7-23(22)31-3/h4-15,18H,16H2,1-3H3,(H,26,28)/t18-/m1/s1. The van der Waals surface area contributed by atoms with Gasteiger partial charge in [-0.15, -0.1) is 0 Å². The number of sulfonamides is 1. The minimum absolute atomic E-state index is 0.0491. The zero-order valence-electron chi connectivity index (χ0n) is 18.1. The first-order valence-corrected chi connectivity index (χ1v) is 11.8. The molecular formula is C24H25ClN2O4S. The molecule has 0 aliphatic carbocycles. The number of benzene rings is 3. The van der Waals surface area contributed by atoms with Crippen molar-refractivity contribution in [3.63, 3.8) is 0 Å². The van der Waals surface area contributed by atoms with Crippen molar-refractivity contribution < 1.29 is 17.9 Å². The normalized spacial score (nSPS) is 12.1. The van der Waals surface area contributed by atoms with Crippen molar-refractivity contribution in [2.45, 2.75) is 24.8 Å². The first-order chi connectivity index (χ1) is 15.2. The van der Waals surface area contributed by atoms with Crippen LogP contribution in [0.3, 0.4) is 0 Å². The van der Waals surface area contributed by atoms with E-state index in [0.29, 0.717) is 16.5 Å². The number of ether oxygens (including phenoxy) is 1. The molecular weight excluding hydrogens is 448 g/mol. The molecule has 0 bridgehead atoms. The zero-order chi connectivity index (χ0) is 23.3. The second kappa shape index (κ2) is 10.1. The van der Waals surface area contributed by atoms with Gasteiger partial charge in [0, 0.05) is 10.6 Å². The van der Waals surface area contributed by atoms with E-state index in [1.54, 1.807) is 31.4 Å². The molecule has 0 saturated heterocycles. The van der Waals surface area contributed by atoms with Crippen LogP contribution >= 0.6 is 11.6 Å². The van der Waals surface area contributed by atoms with Gasteiger partial charge in [-0.2, -0.15) is 0 Å². The summed E-state index contributed by atoms with van der Waals surface area (Å²) in [7, 11) is -2.44. The molecule has 0 fully saturated rings. The molecule has 3 rings (SSSR count). The average molecular weight is 473 g/mol. The topological polar surface area (TPSA) is 75.7 Å². The lowest BCUT2D eigenvalue weighted by Gasteiger charge is -2.25. The van der Waals surface area contributed by atoms with Gasteiger partial charge in [0.15, 0.2) is 0 Å². The van der Waals surface area contributed by atoms with Crippen LogP contribution in [0.25, 0.3) is 0 Å². The highest BCUT2D eigenvalue weighted by atomic mass is 35.5. The molecule has 0 aliphatic heterocycles. The number of nitrogens with zero attached hydrogens (tertiary/aromatic N) is 1. The summed E-state index contributed by atoms with van der Waals surface area (Å²) >= 11 is 5.92. The Morgan fingerprint density at radius 3 is 2.28 bits per heavy atom. The van der Waals surface area contributed by atoms with E-state index in [0.717, 1.165) is 15.4 Å². The smallest absolute Gasteiger partial charge is 0.264 e. The van der Waals surface area contributed by atoms with E-state index in [1.807, 2.05) is 38.1 Å². The molecule has 0 aliphatic rings. The van der Waals surface area contributed by atoms with Crippen LogP contribution < -0.4 is 14.4 Å². The van der Waals surface area contributed by atoms with E-state index < -0.39 is 15.9 Å². The second-order valence-corrected chi connectivity index (χ2v) is 9.63. The van der Waals surface area contributed by atoms with E-state index in [1.165, 1.54) is 24.3 Å². The van der Waals surface area contributed by atoms with Gasteiger partial charge in [0.25, 0.3) is 10.0 Å². The van der Waals surface area contributed by atoms with Gasteiger partial charge in [0.2, 0.25) is 5.91 Å². The molecule has 1 amide bonds. The molecule has 1 atom stereocenters. The van der Waals surface area contributed by atoms with Gasteiger partial charge in [-0.05, 0) is 56.3 Å². The Kier molecular flexibility index (Phi) is 7.43. The molecule has 3 aromatic carbocycles. The summed E-state index contributed by atoms with van der Waals surface area (Å²) in [5.41, 5.74) is 2.17. The van der Waals surface area contributed by atoms with Gasteiger partial charge in [-0.1, -0.05) is 47.5 Å². The van der Waals surface area contributed by atoms with Crippen molar-refractivity contribution in [2.75, 3.05) is 18.0 Å². The molecule has 6 nitrogen and oxygen atoms in total. The quantitative estimate of drug-likeness (QED) is 0.514. The number of nitrogens with one attached hydrogen (secondary N) is 1. The second-order valence-electron chi connectivity index (χ2n) is 7.33. The molecule has 0 saturated carbocycles. The lowest BCUT2D eigenvalue weighted by molar-refractivity contribution is -0.120. The van der Waals surface area contributed by atoms with Gasteiger partial charge in [0.05, 0.1) is 23.7 Å². The third-order valence-electron chi connectivity index (χ3n) is 4.99. The number of carbonyl (C=O) groups is 1. The Bertz CT molecular complexity index is 1180. The summed E-state index contributed by atoms with van der Waals surface area (Å²) in [5, 5.41) is 3.29. The maximum Gasteiger partial charge on any atom is 0.264 e. The Labute approximate surface area is 193 Å². The fourth-order valence-electron chi connectivity index (χ4n) is 3.28. The lowest BCUT2D eigenvalue weighted by Crippen LogP contribution is -2.41. The third kappa shape index (κ3) is 5.41. The Morgan fingerprint density at radius 2 is 1.66 bits per heavy atom. The Morgan fingerprint density at radius 1 is 1.03 bits per heavy atom. The summed E-state index contributed by atoms with van der Waals surface area (Å²) in [6.07, 6.45) is 0. The predicted octanol–water partition coefficient (Wildman–Crippen LogP) is 4.73. The number of amides is 1. The van der Waals surface area contributed by atoms with Crippen molar-refractivity contribution in [3.05, 3.63) is 88.9 Å². The molecule has 3 aromatic rings. The van der Waals surface area contributed by atoms with Crippen LogP contribution in [0.5, 0.6) is 5.75 Å². The third-order valence-corrected chi connectivity index (χ3v) is 7.03. The Hall–Kier alpha value is -3.03. The molecule has 8 heteroatoms. The molecule has 0 heterocycles. The fourth-order valence-corrected chi connectivity index (χ4v) is 4.83. The maximum absolute atomic E-state index is 13.4. The molecule has 168 valence electrons. The summed E-state index contributed by atoms with van der Waals surface area (Å²) < 4.78 is 33.3. The van der Waals surface area contributed by atoms with E-state index in [9.17, 15) is 13.2 Å². The lowest BCUT2D eigenvalue weighted by atomic mass is 10.1. The van der Waals surface area contributed by atoms with Crippen molar-refractivity contribution in [1.82, 2.24) is 5.32 Å². The van der Waals surface area contributed by atoms with Gasteiger partial charge >= 0.3 is 0 Å². The summed E-state index contributed by atoms with van der Waals surface area (Å²) in [4.78, 5) is 13.0. The van der Waals surface area contributed by atoms with Gasteiger partial charge in [-0.25, -0.2) is 8.42 Å². The van der Waals surface area contributed by atoms with Crippen LogP contribution in [0.15, 0.2) is 77.7 Å². The van der Waals surface area contributed by atoms with Crippen molar-refractivity contribution >= 4 is 33.2 Å². The van der Waals surface area contributed by atoms with Crippen molar-refractivity contribution in [2.24, 2.45) is 0 Å². The minimum Gasteiger partial charge on any atom is -0.496 e. The summed E-state index contributed by atoms with van der Waals surface area (Å²) in [5.74, 6) is 0.200. The summed E-state index contributed by atoms with van der Waals surface area (Å²) in [6, 6.07) is 19.8. The number of carbonyl (C=O) groups excluding carboxylic acids is 1. The SMILES string of the molecule is COc1ccccc1[C@@H](C)NC(=O)CN(c1ccc(C)cc1)S(=O)(=O)c1ccc(Cl)cc1. The molecule has 0 unspecified atom stereocenters. The van der Waals surface area contributed by atoms with E-state index >= 15 is 0 Å². The number of halogens is 1. The van der Waals surface area contributed by atoms with Gasteiger partial charge in [0.1, 0.15) is 12.3 Å². The molecule has 0 aromatic heterocycles. The highest BCUT2D eigenvalue weighted by Gasteiger charge is 2.28. The maximum atomic E-state index is 13.4. The van der Waals surface area contributed by atoms with Crippen molar-refractivity contribution in [1.29, 1.82) is 0 Å². The number of rotatable bonds is 8.